The first-order valence-corrected chi connectivity index (χ1v) is 15.7. The van der Waals surface area contributed by atoms with E-state index in [4.69, 9.17) is 0 Å². The molecule has 0 aliphatic carbocycles. The highest BCUT2D eigenvalue weighted by molar-refractivity contribution is 5.82. The summed E-state index contributed by atoms with van der Waals surface area (Å²) in [4.78, 5) is 0. The minimum absolute atomic E-state index is 1.06. The maximum atomic E-state index is 3.57. The van der Waals surface area contributed by atoms with Gasteiger partial charge >= 0.3 is 0 Å². The molecule has 0 atom stereocenters. The molecule has 218 valence electrons. The molecule has 7 aromatic carbocycles. The molecule has 0 aliphatic heterocycles. The topological polar surface area (TPSA) is 12.0 Å². The molecule has 0 saturated carbocycles. The van der Waals surface area contributed by atoms with Crippen molar-refractivity contribution in [3.8, 4) is 55.6 Å². The van der Waals surface area contributed by atoms with E-state index in [2.05, 4.69) is 181 Å². The first-order chi connectivity index (χ1) is 22.3. The Bertz CT molecular complexity index is 1870. The molecule has 1 N–H and O–H groups in total. The fraction of sp³-hybridized carbons (Fsp3) is 0.0455. The molecule has 0 aromatic heterocycles. The summed E-state index contributed by atoms with van der Waals surface area (Å²) in [5, 5.41) is 3.57. The SMILES string of the molecule is CC.c1ccc(-c2ccc(-c3ccc(Nc4ccc(-c5cc(-c6ccccc6)cc(-c6ccccc6)c5)cc4)cc3)cc2)cc1. The van der Waals surface area contributed by atoms with Crippen molar-refractivity contribution < 1.29 is 0 Å². The van der Waals surface area contributed by atoms with Crippen LogP contribution in [0.25, 0.3) is 55.6 Å². The molecule has 0 spiro atoms. The Morgan fingerprint density at radius 2 is 0.467 bits per heavy atom. The fourth-order valence-corrected chi connectivity index (χ4v) is 5.53. The smallest absolute Gasteiger partial charge is 0.0384 e. The normalized spacial score (nSPS) is 10.4. The van der Waals surface area contributed by atoms with E-state index in [9.17, 15) is 0 Å². The molecule has 0 fully saturated rings. The van der Waals surface area contributed by atoms with E-state index >= 15 is 0 Å². The second-order valence-electron chi connectivity index (χ2n) is 10.8. The minimum Gasteiger partial charge on any atom is -0.356 e. The van der Waals surface area contributed by atoms with E-state index in [0.29, 0.717) is 0 Å². The standard InChI is InChI=1S/C42H31N.C2H6/c1-4-10-31(11-5-1)34-16-18-35(19-17-34)36-20-24-41(25-21-36)43-42-26-22-37(23-27-42)40-29-38(32-12-6-2-7-13-32)28-39(30-40)33-14-8-3-9-15-33;1-2/h1-30,43H;1-2H3. The molecule has 7 aromatic rings. The Hall–Kier alpha value is -5.66. The first kappa shape index (κ1) is 29.4. The van der Waals surface area contributed by atoms with Crippen LogP contribution in [0.5, 0.6) is 0 Å². The first-order valence-electron chi connectivity index (χ1n) is 15.7. The minimum atomic E-state index is 1.06. The zero-order chi connectivity index (χ0) is 30.8. The number of anilines is 2. The summed E-state index contributed by atoms with van der Waals surface area (Å²) >= 11 is 0. The van der Waals surface area contributed by atoms with Crippen molar-refractivity contribution in [2.45, 2.75) is 13.8 Å². The fourth-order valence-electron chi connectivity index (χ4n) is 5.53. The van der Waals surface area contributed by atoms with Crippen molar-refractivity contribution in [3.63, 3.8) is 0 Å². The number of benzene rings is 7. The Labute approximate surface area is 267 Å². The predicted molar refractivity (Wildman–Crippen MR) is 195 cm³/mol. The van der Waals surface area contributed by atoms with Gasteiger partial charge in [-0.25, -0.2) is 0 Å². The van der Waals surface area contributed by atoms with Gasteiger partial charge in [-0.2, -0.15) is 0 Å². The van der Waals surface area contributed by atoms with Gasteiger partial charge in [0.05, 0.1) is 0 Å². The summed E-state index contributed by atoms with van der Waals surface area (Å²) in [6, 6.07) is 64.7. The van der Waals surface area contributed by atoms with Gasteiger partial charge in [0.1, 0.15) is 0 Å². The molecule has 0 aliphatic rings. The van der Waals surface area contributed by atoms with Gasteiger partial charge in [-0.15, -0.1) is 0 Å². The molecule has 7 rings (SSSR count). The van der Waals surface area contributed by atoms with Crippen molar-refractivity contribution in [1.82, 2.24) is 0 Å². The summed E-state index contributed by atoms with van der Waals surface area (Å²) in [5.74, 6) is 0. The maximum Gasteiger partial charge on any atom is 0.0384 e. The van der Waals surface area contributed by atoms with Crippen LogP contribution in [0.15, 0.2) is 182 Å². The molecular formula is C44H37N. The highest BCUT2D eigenvalue weighted by Gasteiger charge is 2.08. The molecule has 45 heavy (non-hydrogen) atoms. The maximum absolute atomic E-state index is 3.57. The van der Waals surface area contributed by atoms with Gasteiger partial charge in [-0.1, -0.05) is 153 Å². The van der Waals surface area contributed by atoms with Crippen LogP contribution in [-0.4, -0.2) is 0 Å². The van der Waals surface area contributed by atoms with E-state index in [1.165, 1.54) is 55.6 Å². The summed E-state index contributed by atoms with van der Waals surface area (Å²) in [6.07, 6.45) is 0. The lowest BCUT2D eigenvalue weighted by Crippen LogP contribution is -1.91. The molecule has 1 heteroatoms. The summed E-state index contributed by atoms with van der Waals surface area (Å²) in [6.45, 7) is 4.00. The van der Waals surface area contributed by atoms with E-state index < -0.39 is 0 Å². The van der Waals surface area contributed by atoms with E-state index in [-0.39, 0.29) is 0 Å². The predicted octanol–water partition coefficient (Wildman–Crippen LogP) is 12.8. The van der Waals surface area contributed by atoms with Crippen LogP contribution in [0.3, 0.4) is 0 Å². The molecule has 0 radical (unpaired) electrons. The lowest BCUT2D eigenvalue weighted by atomic mass is 9.93. The van der Waals surface area contributed by atoms with Crippen molar-refractivity contribution in [2.24, 2.45) is 0 Å². The third kappa shape index (κ3) is 7.12. The average Bonchev–Trinajstić information content (AvgIpc) is 3.14. The van der Waals surface area contributed by atoms with Crippen LogP contribution >= 0.6 is 0 Å². The highest BCUT2D eigenvalue weighted by atomic mass is 14.9. The van der Waals surface area contributed by atoms with Crippen LogP contribution in [0.4, 0.5) is 11.4 Å². The summed E-state index contributed by atoms with van der Waals surface area (Å²) < 4.78 is 0. The van der Waals surface area contributed by atoms with Gasteiger partial charge in [0.2, 0.25) is 0 Å². The van der Waals surface area contributed by atoms with Crippen molar-refractivity contribution in [3.05, 3.63) is 182 Å². The lowest BCUT2D eigenvalue weighted by Gasteiger charge is -2.12. The van der Waals surface area contributed by atoms with Gasteiger partial charge in [0.15, 0.2) is 0 Å². The van der Waals surface area contributed by atoms with Gasteiger partial charge in [0.25, 0.3) is 0 Å². The molecule has 0 bridgehead atoms. The van der Waals surface area contributed by atoms with Crippen LogP contribution in [-0.2, 0) is 0 Å². The second-order valence-corrected chi connectivity index (χ2v) is 10.8. The monoisotopic (exact) mass is 579 g/mol. The molecule has 1 nitrogen and oxygen atoms in total. The number of hydrogen-bond donors (Lipinski definition) is 1. The Kier molecular flexibility index (Phi) is 9.29. The Balaban J connectivity index is 0.00000175. The molecule has 0 unspecified atom stereocenters. The van der Waals surface area contributed by atoms with E-state index in [1.54, 1.807) is 0 Å². The molecule has 0 saturated heterocycles. The average molecular weight is 580 g/mol. The zero-order valence-corrected chi connectivity index (χ0v) is 25.8. The van der Waals surface area contributed by atoms with Crippen molar-refractivity contribution >= 4 is 11.4 Å². The molecule has 0 heterocycles. The van der Waals surface area contributed by atoms with Gasteiger partial charge in [-0.05, 0) is 98.1 Å². The quantitative estimate of drug-likeness (QED) is 0.198. The Morgan fingerprint density at radius 1 is 0.244 bits per heavy atom. The van der Waals surface area contributed by atoms with Gasteiger partial charge in [0, 0.05) is 11.4 Å². The van der Waals surface area contributed by atoms with Crippen LogP contribution < -0.4 is 5.32 Å². The molecular weight excluding hydrogens is 542 g/mol. The summed E-state index contributed by atoms with van der Waals surface area (Å²) in [7, 11) is 0. The Morgan fingerprint density at radius 3 is 0.778 bits per heavy atom. The largest absolute Gasteiger partial charge is 0.356 e. The van der Waals surface area contributed by atoms with E-state index in [0.717, 1.165) is 11.4 Å². The van der Waals surface area contributed by atoms with Crippen LogP contribution in [0.2, 0.25) is 0 Å². The number of nitrogens with one attached hydrogen (secondary N) is 1. The van der Waals surface area contributed by atoms with E-state index in [1.807, 2.05) is 19.9 Å². The van der Waals surface area contributed by atoms with Crippen LogP contribution in [0.1, 0.15) is 13.8 Å². The number of rotatable bonds is 7. The highest BCUT2D eigenvalue weighted by Crippen LogP contribution is 2.34. The van der Waals surface area contributed by atoms with Gasteiger partial charge in [-0.3, -0.25) is 0 Å². The third-order valence-electron chi connectivity index (χ3n) is 7.86. The third-order valence-corrected chi connectivity index (χ3v) is 7.86. The van der Waals surface area contributed by atoms with Gasteiger partial charge < -0.3 is 5.32 Å². The number of hydrogen-bond acceptors (Lipinski definition) is 1. The second kappa shape index (κ2) is 14.2. The van der Waals surface area contributed by atoms with Crippen LogP contribution in [0, 0.1) is 0 Å². The lowest BCUT2D eigenvalue weighted by molar-refractivity contribution is 1.50. The zero-order valence-electron chi connectivity index (χ0n) is 25.8. The van der Waals surface area contributed by atoms with Crippen molar-refractivity contribution in [2.75, 3.05) is 5.32 Å². The molecule has 0 amide bonds. The summed E-state index contributed by atoms with van der Waals surface area (Å²) in [5.41, 5.74) is 14.3. The van der Waals surface area contributed by atoms with Crippen molar-refractivity contribution in [1.29, 1.82) is 0 Å².